The molecule has 0 saturated carbocycles. The maximum Gasteiger partial charge on any atom is 0.316 e. The largest absolute Gasteiger partial charge is 0.334 e. The Bertz CT molecular complexity index is 986. The van der Waals surface area contributed by atoms with Crippen LogP contribution in [-0.4, -0.2) is 59.8 Å². The molecule has 30 heavy (non-hydrogen) atoms. The van der Waals surface area contributed by atoms with E-state index in [0.29, 0.717) is 43.6 Å². The number of hydrogen-bond donors (Lipinski definition) is 0. The van der Waals surface area contributed by atoms with Gasteiger partial charge >= 0.3 is 11.8 Å². The minimum Gasteiger partial charge on any atom is -0.334 e. The zero-order valence-corrected chi connectivity index (χ0v) is 18.3. The summed E-state index contributed by atoms with van der Waals surface area (Å²) in [7, 11) is -3.50. The molecular weight excluding hydrogens is 404 g/mol. The first-order valence-electron chi connectivity index (χ1n) is 10.6. The Morgan fingerprint density at radius 2 is 1.53 bits per heavy atom. The van der Waals surface area contributed by atoms with Crippen LogP contribution < -0.4 is 0 Å². The van der Waals surface area contributed by atoms with Gasteiger partial charge in [-0.3, -0.25) is 4.79 Å². The molecule has 0 atom stereocenters. The molecule has 0 aliphatic carbocycles. The second kappa shape index (κ2) is 8.47. The van der Waals surface area contributed by atoms with Gasteiger partial charge in [-0.15, -0.1) is 0 Å². The molecule has 8 nitrogen and oxygen atoms in total. The third-order valence-corrected chi connectivity index (χ3v) is 8.09. The fourth-order valence-corrected chi connectivity index (χ4v) is 5.39. The molecule has 0 N–H and O–H groups in total. The Kier molecular flexibility index (Phi) is 5.92. The number of piperidine rings is 2. The maximum atomic E-state index is 12.9. The van der Waals surface area contributed by atoms with E-state index >= 15 is 0 Å². The highest BCUT2D eigenvalue weighted by atomic mass is 32.2. The monoisotopic (exact) mass is 432 g/mol. The zero-order valence-electron chi connectivity index (χ0n) is 17.5. The normalized spacial score (nSPS) is 19.9. The van der Waals surface area contributed by atoms with E-state index in [-0.39, 0.29) is 22.5 Å². The number of sulfonamides is 1. The van der Waals surface area contributed by atoms with Gasteiger partial charge in [-0.2, -0.15) is 9.29 Å². The Labute approximate surface area is 177 Å². The summed E-state index contributed by atoms with van der Waals surface area (Å²) in [5, 5.41) is 3.91. The van der Waals surface area contributed by atoms with E-state index in [4.69, 9.17) is 4.52 Å². The van der Waals surface area contributed by atoms with Gasteiger partial charge in [0.25, 0.3) is 0 Å². The number of carbonyl (C=O) groups excluding carboxylic acids is 1. The average Bonchev–Trinajstić information content (AvgIpc) is 3.24. The van der Waals surface area contributed by atoms with Crippen molar-refractivity contribution in [2.75, 3.05) is 26.2 Å². The van der Waals surface area contributed by atoms with Gasteiger partial charge in [0.1, 0.15) is 0 Å². The molecule has 1 amide bonds. The van der Waals surface area contributed by atoms with Crippen molar-refractivity contribution in [2.24, 2.45) is 11.8 Å². The van der Waals surface area contributed by atoms with Gasteiger partial charge in [0.15, 0.2) is 0 Å². The number of benzene rings is 1. The predicted octanol–water partition coefficient (Wildman–Crippen LogP) is 3.03. The molecule has 9 heteroatoms. The number of nitrogens with zero attached hydrogens (tertiary/aromatic N) is 4. The second-order valence-corrected chi connectivity index (χ2v) is 10.4. The highest BCUT2D eigenvalue weighted by molar-refractivity contribution is 7.89. The van der Waals surface area contributed by atoms with Gasteiger partial charge in [0, 0.05) is 31.7 Å². The van der Waals surface area contributed by atoms with Crippen molar-refractivity contribution in [2.45, 2.75) is 44.4 Å². The first-order valence-corrected chi connectivity index (χ1v) is 12.0. The number of amides is 1. The molecule has 0 spiro atoms. The minimum atomic E-state index is -3.50. The van der Waals surface area contributed by atoms with Gasteiger partial charge in [-0.1, -0.05) is 19.0 Å². The molecule has 0 unspecified atom stereocenters. The molecule has 2 aromatic rings. The van der Waals surface area contributed by atoms with Crippen molar-refractivity contribution >= 4 is 15.9 Å². The molecule has 4 rings (SSSR count). The van der Waals surface area contributed by atoms with Crippen LogP contribution in [0.5, 0.6) is 0 Å². The van der Waals surface area contributed by atoms with E-state index in [1.165, 1.54) is 0 Å². The number of rotatable bonds is 4. The average molecular weight is 433 g/mol. The van der Waals surface area contributed by atoms with Crippen molar-refractivity contribution in [3.63, 3.8) is 0 Å². The summed E-state index contributed by atoms with van der Waals surface area (Å²) in [6.07, 6.45) is 3.71. The lowest BCUT2D eigenvalue weighted by Gasteiger charge is -2.29. The van der Waals surface area contributed by atoms with Crippen molar-refractivity contribution in [1.82, 2.24) is 19.3 Å². The van der Waals surface area contributed by atoms with Crippen molar-refractivity contribution in [1.29, 1.82) is 0 Å². The third-order valence-electron chi connectivity index (χ3n) is 6.17. The fraction of sp³-hybridized carbons (Fsp3) is 0.571. The van der Waals surface area contributed by atoms with E-state index in [1.54, 1.807) is 33.5 Å². The second-order valence-electron chi connectivity index (χ2n) is 8.51. The lowest BCUT2D eigenvalue weighted by atomic mass is 9.99. The molecule has 0 radical (unpaired) electrons. The molecule has 3 heterocycles. The van der Waals surface area contributed by atoms with Crippen LogP contribution in [-0.2, 0) is 10.0 Å². The van der Waals surface area contributed by atoms with Crippen molar-refractivity contribution in [3.05, 3.63) is 30.2 Å². The number of hydrogen-bond acceptors (Lipinski definition) is 6. The Morgan fingerprint density at radius 1 is 0.967 bits per heavy atom. The molecular formula is C21H28N4O4S. The van der Waals surface area contributed by atoms with Gasteiger partial charge in [-0.05, 0) is 61.8 Å². The van der Waals surface area contributed by atoms with Crippen molar-refractivity contribution < 1.29 is 17.7 Å². The van der Waals surface area contributed by atoms with Gasteiger partial charge in [0.05, 0.1) is 4.90 Å². The van der Waals surface area contributed by atoms with E-state index in [1.807, 2.05) is 0 Å². The van der Waals surface area contributed by atoms with Crippen molar-refractivity contribution in [3.8, 4) is 11.4 Å². The third kappa shape index (κ3) is 4.27. The topological polar surface area (TPSA) is 96.6 Å². The highest BCUT2D eigenvalue weighted by Gasteiger charge is 2.29. The molecule has 2 saturated heterocycles. The van der Waals surface area contributed by atoms with Crippen LogP contribution in [0, 0.1) is 11.8 Å². The summed E-state index contributed by atoms with van der Waals surface area (Å²) in [5.41, 5.74) is 0.608. The molecule has 2 aliphatic rings. The summed E-state index contributed by atoms with van der Waals surface area (Å²) in [4.78, 5) is 18.8. The smallest absolute Gasteiger partial charge is 0.316 e. The number of carbonyl (C=O) groups is 1. The van der Waals surface area contributed by atoms with Crippen LogP contribution in [0.3, 0.4) is 0 Å². The van der Waals surface area contributed by atoms with Gasteiger partial charge in [0.2, 0.25) is 15.8 Å². The van der Waals surface area contributed by atoms with Crippen LogP contribution in [0.25, 0.3) is 11.4 Å². The molecule has 0 bridgehead atoms. The Hall–Kier alpha value is -2.26. The van der Waals surface area contributed by atoms with Crippen LogP contribution in [0.15, 0.2) is 33.7 Å². The quantitative estimate of drug-likeness (QED) is 0.737. The molecule has 2 aliphatic heterocycles. The Balaban J connectivity index is 1.46. The standard InChI is InChI=1S/C21H28N4O4S/c1-15-7-11-24(12-8-15)21(26)20-22-19(23-29-20)17-3-5-18(6-4-17)30(27,28)25-13-9-16(2)10-14-25/h3-6,15-16H,7-14H2,1-2H3. The molecule has 2 fully saturated rings. The SMILES string of the molecule is CC1CCN(C(=O)c2nc(-c3ccc(S(=O)(=O)N4CCC(C)CC4)cc3)no2)CC1. The summed E-state index contributed by atoms with van der Waals surface area (Å²) < 4.78 is 32.5. The number of aromatic nitrogens is 2. The molecule has 1 aromatic carbocycles. The lowest BCUT2D eigenvalue weighted by molar-refractivity contribution is 0.0647. The predicted molar refractivity (Wildman–Crippen MR) is 111 cm³/mol. The Morgan fingerprint density at radius 3 is 2.13 bits per heavy atom. The van der Waals surface area contributed by atoms with E-state index in [0.717, 1.165) is 25.7 Å². The lowest BCUT2D eigenvalue weighted by Crippen LogP contribution is -2.38. The minimum absolute atomic E-state index is 0.0290. The summed E-state index contributed by atoms with van der Waals surface area (Å²) in [5.74, 6) is 1.18. The van der Waals surface area contributed by atoms with E-state index in [2.05, 4.69) is 24.0 Å². The zero-order chi connectivity index (χ0) is 21.3. The summed E-state index contributed by atoms with van der Waals surface area (Å²) in [6.45, 7) is 6.82. The van der Waals surface area contributed by atoms with Crippen LogP contribution in [0.1, 0.15) is 50.2 Å². The van der Waals surface area contributed by atoms with Crippen LogP contribution >= 0.6 is 0 Å². The fourth-order valence-electron chi connectivity index (χ4n) is 3.92. The number of likely N-dealkylation sites (tertiary alicyclic amines) is 1. The van der Waals surface area contributed by atoms with Gasteiger partial charge < -0.3 is 9.42 Å². The van der Waals surface area contributed by atoms with E-state index < -0.39 is 10.0 Å². The summed E-state index contributed by atoms with van der Waals surface area (Å²) in [6, 6.07) is 6.43. The van der Waals surface area contributed by atoms with Crippen LogP contribution in [0.2, 0.25) is 0 Å². The first-order chi connectivity index (χ1) is 14.3. The van der Waals surface area contributed by atoms with Crippen LogP contribution in [0.4, 0.5) is 0 Å². The molecule has 1 aromatic heterocycles. The molecule has 162 valence electrons. The summed E-state index contributed by atoms with van der Waals surface area (Å²) >= 11 is 0. The first kappa shape index (κ1) is 21.0. The maximum absolute atomic E-state index is 12.9. The van der Waals surface area contributed by atoms with E-state index in [9.17, 15) is 13.2 Å². The van der Waals surface area contributed by atoms with Gasteiger partial charge in [-0.25, -0.2) is 8.42 Å². The highest BCUT2D eigenvalue weighted by Crippen LogP contribution is 2.25.